The molecule has 19 heavy (non-hydrogen) atoms. The van der Waals surface area contributed by atoms with Crippen molar-refractivity contribution in [3.05, 3.63) is 39.9 Å². The summed E-state index contributed by atoms with van der Waals surface area (Å²) in [5.74, 6) is 1.40. The van der Waals surface area contributed by atoms with Crippen molar-refractivity contribution in [1.82, 2.24) is 4.90 Å². The molecule has 0 aliphatic carbocycles. The van der Waals surface area contributed by atoms with Crippen molar-refractivity contribution in [2.45, 2.75) is 6.42 Å². The van der Waals surface area contributed by atoms with Crippen LogP contribution in [0.25, 0.3) is 0 Å². The minimum absolute atomic E-state index is 0.0403. The lowest BCUT2D eigenvalue weighted by Gasteiger charge is -2.16. The molecule has 0 aliphatic heterocycles. The molecule has 1 N–H and O–H groups in total. The summed E-state index contributed by atoms with van der Waals surface area (Å²) in [5, 5.41) is 19.6. The summed E-state index contributed by atoms with van der Waals surface area (Å²) in [6.45, 7) is 0.388. The Hall–Kier alpha value is -2.39. The standard InChI is InChI=1S/C13H14N2O4/c1-2-8-14(10-13(16)17)9-7-11-5-3-4-6-12(11)15(18)19/h1,3-6H,7-10H2,(H,16,17). The first-order chi connectivity index (χ1) is 9.04. The van der Waals surface area contributed by atoms with Gasteiger partial charge in [-0.15, -0.1) is 6.42 Å². The molecule has 0 radical (unpaired) electrons. The van der Waals surface area contributed by atoms with Gasteiger partial charge in [-0.25, -0.2) is 0 Å². The molecule has 0 heterocycles. The van der Waals surface area contributed by atoms with Crippen LogP contribution in [-0.2, 0) is 11.2 Å². The highest BCUT2D eigenvalue weighted by molar-refractivity contribution is 5.69. The predicted molar refractivity (Wildman–Crippen MR) is 69.7 cm³/mol. The van der Waals surface area contributed by atoms with E-state index in [1.807, 2.05) is 0 Å². The molecular formula is C13H14N2O4. The molecule has 0 fully saturated rings. The normalized spacial score (nSPS) is 10.1. The Morgan fingerprint density at radius 3 is 2.74 bits per heavy atom. The molecule has 0 atom stereocenters. The van der Waals surface area contributed by atoms with Crippen molar-refractivity contribution < 1.29 is 14.8 Å². The van der Waals surface area contributed by atoms with Crippen molar-refractivity contribution in [3.63, 3.8) is 0 Å². The molecule has 0 saturated carbocycles. The number of carbonyl (C=O) groups is 1. The topological polar surface area (TPSA) is 83.7 Å². The van der Waals surface area contributed by atoms with Gasteiger partial charge in [0.15, 0.2) is 0 Å². The summed E-state index contributed by atoms with van der Waals surface area (Å²) in [6.07, 6.45) is 5.54. The number of carboxylic acid groups (broad SMARTS) is 1. The fraction of sp³-hybridized carbons (Fsp3) is 0.308. The van der Waals surface area contributed by atoms with Gasteiger partial charge in [-0.05, 0) is 6.42 Å². The Labute approximate surface area is 110 Å². The Balaban J connectivity index is 2.71. The highest BCUT2D eigenvalue weighted by Crippen LogP contribution is 2.18. The van der Waals surface area contributed by atoms with Crippen LogP contribution in [0.15, 0.2) is 24.3 Å². The zero-order chi connectivity index (χ0) is 14.3. The molecule has 100 valence electrons. The number of benzene rings is 1. The molecule has 0 spiro atoms. The van der Waals surface area contributed by atoms with Crippen LogP contribution < -0.4 is 0 Å². The molecule has 1 rings (SSSR count). The van der Waals surface area contributed by atoms with E-state index in [0.717, 1.165) is 0 Å². The Kier molecular flexibility index (Phi) is 5.51. The van der Waals surface area contributed by atoms with Gasteiger partial charge >= 0.3 is 5.97 Å². The van der Waals surface area contributed by atoms with Gasteiger partial charge in [0.1, 0.15) is 0 Å². The van der Waals surface area contributed by atoms with E-state index in [1.165, 1.54) is 6.07 Å². The van der Waals surface area contributed by atoms with Crippen molar-refractivity contribution in [3.8, 4) is 12.3 Å². The average Bonchev–Trinajstić information content (AvgIpc) is 2.36. The van der Waals surface area contributed by atoms with Gasteiger partial charge in [-0.3, -0.25) is 19.8 Å². The van der Waals surface area contributed by atoms with Gasteiger partial charge in [-0.1, -0.05) is 24.1 Å². The Morgan fingerprint density at radius 2 is 2.16 bits per heavy atom. The third-order valence-corrected chi connectivity index (χ3v) is 2.56. The van der Waals surface area contributed by atoms with Crippen LogP contribution >= 0.6 is 0 Å². The number of nitro benzene ring substituents is 1. The summed E-state index contributed by atoms with van der Waals surface area (Å²) < 4.78 is 0. The second-order valence-electron chi connectivity index (χ2n) is 3.94. The van der Waals surface area contributed by atoms with Crippen LogP contribution in [0.1, 0.15) is 5.56 Å². The molecule has 6 heteroatoms. The molecule has 0 saturated heterocycles. The number of nitro groups is 1. The van der Waals surface area contributed by atoms with E-state index in [-0.39, 0.29) is 18.8 Å². The van der Waals surface area contributed by atoms with E-state index in [1.54, 1.807) is 23.1 Å². The number of rotatable bonds is 7. The summed E-state index contributed by atoms with van der Waals surface area (Å²) in [5.41, 5.74) is 0.610. The number of para-hydroxylation sites is 1. The van der Waals surface area contributed by atoms with Crippen molar-refractivity contribution >= 4 is 11.7 Å². The minimum Gasteiger partial charge on any atom is -0.480 e. The SMILES string of the molecule is C#CCN(CCc1ccccc1[N+](=O)[O-])CC(=O)O. The smallest absolute Gasteiger partial charge is 0.317 e. The molecule has 0 bridgehead atoms. The van der Waals surface area contributed by atoms with Gasteiger partial charge in [0.2, 0.25) is 0 Å². The lowest BCUT2D eigenvalue weighted by Crippen LogP contribution is -2.32. The van der Waals surface area contributed by atoms with Gasteiger partial charge in [0.05, 0.1) is 18.0 Å². The van der Waals surface area contributed by atoms with E-state index < -0.39 is 10.9 Å². The zero-order valence-corrected chi connectivity index (χ0v) is 10.3. The van der Waals surface area contributed by atoms with E-state index in [9.17, 15) is 14.9 Å². The van der Waals surface area contributed by atoms with Crippen molar-refractivity contribution in [2.24, 2.45) is 0 Å². The average molecular weight is 262 g/mol. The molecule has 0 amide bonds. The van der Waals surface area contributed by atoms with Crippen LogP contribution in [0.2, 0.25) is 0 Å². The maximum atomic E-state index is 10.8. The molecule has 0 unspecified atom stereocenters. The fourth-order valence-electron chi connectivity index (χ4n) is 1.71. The first-order valence-corrected chi connectivity index (χ1v) is 5.64. The minimum atomic E-state index is -0.974. The second-order valence-corrected chi connectivity index (χ2v) is 3.94. The lowest BCUT2D eigenvalue weighted by molar-refractivity contribution is -0.385. The summed E-state index contributed by atoms with van der Waals surface area (Å²) in [4.78, 5) is 22.6. The van der Waals surface area contributed by atoms with Crippen molar-refractivity contribution in [1.29, 1.82) is 0 Å². The van der Waals surface area contributed by atoms with E-state index >= 15 is 0 Å². The summed E-state index contributed by atoms with van der Waals surface area (Å²) in [6, 6.07) is 6.40. The quantitative estimate of drug-likeness (QED) is 0.453. The van der Waals surface area contributed by atoms with E-state index in [4.69, 9.17) is 11.5 Å². The van der Waals surface area contributed by atoms with Crippen LogP contribution in [0.3, 0.4) is 0 Å². The molecular weight excluding hydrogens is 248 g/mol. The summed E-state index contributed by atoms with van der Waals surface area (Å²) >= 11 is 0. The van der Waals surface area contributed by atoms with Crippen LogP contribution in [0.4, 0.5) is 5.69 Å². The summed E-state index contributed by atoms with van der Waals surface area (Å²) in [7, 11) is 0. The highest BCUT2D eigenvalue weighted by atomic mass is 16.6. The highest BCUT2D eigenvalue weighted by Gasteiger charge is 2.14. The maximum Gasteiger partial charge on any atom is 0.317 e. The van der Waals surface area contributed by atoms with E-state index in [2.05, 4.69) is 5.92 Å². The van der Waals surface area contributed by atoms with E-state index in [0.29, 0.717) is 18.5 Å². The largest absolute Gasteiger partial charge is 0.480 e. The number of hydrogen-bond acceptors (Lipinski definition) is 4. The van der Waals surface area contributed by atoms with Gasteiger partial charge in [0.25, 0.3) is 5.69 Å². The number of carboxylic acids is 1. The van der Waals surface area contributed by atoms with Gasteiger partial charge in [-0.2, -0.15) is 0 Å². The first-order valence-electron chi connectivity index (χ1n) is 5.64. The lowest BCUT2D eigenvalue weighted by atomic mass is 10.1. The number of nitrogens with zero attached hydrogens (tertiary/aromatic N) is 2. The third-order valence-electron chi connectivity index (χ3n) is 2.56. The molecule has 6 nitrogen and oxygen atoms in total. The zero-order valence-electron chi connectivity index (χ0n) is 10.3. The predicted octanol–water partition coefficient (Wildman–Crippen LogP) is 1.16. The molecule has 0 aliphatic rings. The fourth-order valence-corrected chi connectivity index (χ4v) is 1.71. The maximum absolute atomic E-state index is 10.8. The van der Waals surface area contributed by atoms with Crippen LogP contribution in [0, 0.1) is 22.5 Å². The number of hydrogen-bond donors (Lipinski definition) is 1. The number of aliphatic carboxylic acids is 1. The van der Waals surface area contributed by atoms with Crippen molar-refractivity contribution in [2.75, 3.05) is 19.6 Å². The molecule has 1 aromatic rings. The molecule has 1 aromatic carbocycles. The van der Waals surface area contributed by atoms with Gasteiger partial charge in [0, 0.05) is 18.2 Å². The first kappa shape index (κ1) is 14.7. The molecule has 0 aromatic heterocycles. The van der Waals surface area contributed by atoms with Crippen LogP contribution in [-0.4, -0.2) is 40.5 Å². The Bertz CT molecular complexity index is 508. The monoisotopic (exact) mass is 262 g/mol. The third kappa shape index (κ3) is 4.77. The second kappa shape index (κ2) is 7.13. The number of terminal acetylenes is 1. The Morgan fingerprint density at radius 1 is 1.47 bits per heavy atom. The van der Waals surface area contributed by atoms with Crippen LogP contribution in [0.5, 0.6) is 0 Å². The van der Waals surface area contributed by atoms with Gasteiger partial charge < -0.3 is 5.11 Å².